The van der Waals surface area contributed by atoms with Crippen molar-refractivity contribution in [3.05, 3.63) is 72.2 Å². The molecule has 0 aliphatic heterocycles. The molecule has 8 heteroatoms. The normalized spacial score (nSPS) is 11.0. The Balaban J connectivity index is 2.23. The van der Waals surface area contributed by atoms with Crippen LogP contribution < -0.4 is 0 Å². The molecule has 0 bridgehead atoms. The van der Waals surface area contributed by atoms with Crippen molar-refractivity contribution >= 4 is 69.6 Å². The molecule has 0 aliphatic rings. The number of halogens is 6. The maximum Gasteiger partial charge on any atom is 0.0788 e. The first-order chi connectivity index (χ1) is 12.3. The number of hydrogen-bond acceptors (Lipinski definition) is 2. The fourth-order valence-corrected chi connectivity index (χ4v) is 3.98. The predicted molar refractivity (Wildman–Crippen MR) is 111 cm³/mol. The van der Waals surface area contributed by atoms with E-state index >= 15 is 0 Å². The molecule has 0 fully saturated rings. The molecule has 0 amide bonds. The minimum atomic E-state index is -0.300. The van der Waals surface area contributed by atoms with Gasteiger partial charge in [0.1, 0.15) is 0 Å². The van der Waals surface area contributed by atoms with Crippen LogP contribution in [0.4, 0.5) is 0 Å². The van der Waals surface area contributed by atoms with Gasteiger partial charge in [0.2, 0.25) is 0 Å². The Bertz CT molecular complexity index is 1010. The largest absolute Gasteiger partial charge is 0.392 e. The Morgan fingerprint density at radius 2 is 1.23 bits per heavy atom. The highest BCUT2D eigenvalue weighted by Crippen LogP contribution is 2.42. The number of nitrogens with zero attached hydrogens (tertiary/aromatic N) is 1. The monoisotopic (exact) mass is 465 g/mol. The zero-order chi connectivity index (χ0) is 19.0. The Labute approximate surface area is 180 Å². The van der Waals surface area contributed by atoms with E-state index in [1.165, 1.54) is 0 Å². The van der Waals surface area contributed by atoms with Crippen molar-refractivity contribution in [2.24, 2.45) is 0 Å². The Morgan fingerprint density at radius 3 is 1.81 bits per heavy atom. The van der Waals surface area contributed by atoms with E-state index in [0.29, 0.717) is 53.1 Å². The predicted octanol–water partition coefficient (Wildman–Crippen LogP) is 7.83. The molecule has 1 heterocycles. The number of rotatable bonds is 3. The molecule has 0 atom stereocenters. The van der Waals surface area contributed by atoms with Crippen molar-refractivity contribution in [1.82, 2.24) is 4.98 Å². The molecule has 0 saturated heterocycles. The summed E-state index contributed by atoms with van der Waals surface area (Å²) in [7, 11) is 0. The molecule has 0 spiro atoms. The van der Waals surface area contributed by atoms with Gasteiger partial charge < -0.3 is 5.11 Å². The lowest BCUT2D eigenvalue weighted by molar-refractivity contribution is 0.282. The van der Waals surface area contributed by atoms with Crippen LogP contribution in [0, 0.1) is 0 Å². The van der Waals surface area contributed by atoms with Crippen LogP contribution in [0.25, 0.3) is 22.4 Å². The standard InChI is InChI=1S/C18H9Cl6NO/c19-10-1-3-12(21)16(23)14(10)8-5-9(7-26)18(25-6-8)15-11(20)2-4-13(22)17(15)24/h1-6,26H,7H2. The van der Waals surface area contributed by atoms with Crippen LogP contribution in [0.5, 0.6) is 0 Å². The van der Waals surface area contributed by atoms with E-state index in [2.05, 4.69) is 4.98 Å². The van der Waals surface area contributed by atoms with Crippen LogP contribution in [0.15, 0.2) is 36.5 Å². The van der Waals surface area contributed by atoms with E-state index in [-0.39, 0.29) is 11.6 Å². The first-order valence-electron chi connectivity index (χ1n) is 7.22. The van der Waals surface area contributed by atoms with Crippen LogP contribution in [-0.4, -0.2) is 10.1 Å². The maximum atomic E-state index is 9.84. The minimum Gasteiger partial charge on any atom is -0.392 e. The maximum absolute atomic E-state index is 9.84. The second kappa shape index (κ2) is 8.12. The molecule has 3 rings (SSSR count). The van der Waals surface area contributed by atoms with E-state index in [9.17, 15) is 5.11 Å². The van der Waals surface area contributed by atoms with E-state index in [0.717, 1.165) is 0 Å². The summed E-state index contributed by atoms with van der Waals surface area (Å²) in [5.74, 6) is 0. The first kappa shape index (κ1) is 20.0. The fraction of sp³-hybridized carbons (Fsp3) is 0.0556. The van der Waals surface area contributed by atoms with Crippen LogP contribution in [0.1, 0.15) is 5.56 Å². The summed E-state index contributed by atoms with van der Waals surface area (Å²) >= 11 is 37.3. The van der Waals surface area contributed by atoms with Crippen molar-refractivity contribution in [2.75, 3.05) is 0 Å². The average Bonchev–Trinajstić information content (AvgIpc) is 2.63. The molecule has 26 heavy (non-hydrogen) atoms. The van der Waals surface area contributed by atoms with E-state index in [4.69, 9.17) is 69.6 Å². The Hall–Kier alpha value is -0.710. The lowest BCUT2D eigenvalue weighted by Crippen LogP contribution is -1.97. The van der Waals surface area contributed by atoms with Crippen molar-refractivity contribution in [3.63, 3.8) is 0 Å². The molecule has 1 aromatic heterocycles. The number of aliphatic hydroxyl groups is 1. The molecule has 1 N–H and O–H groups in total. The lowest BCUT2D eigenvalue weighted by atomic mass is 10.0. The second-order valence-corrected chi connectivity index (χ2v) is 7.71. The average molecular weight is 468 g/mol. The summed E-state index contributed by atoms with van der Waals surface area (Å²) in [6, 6.07) is 8.17. The highest BCUT2D eigenvalue weighted by Gasteiger charge is 2.19. The lowest BCUT2D eigenvalue weighted by Gasteiger charge is -2.14. The smallest absolute Gasteiger partial charge is 0.0788 e. The second-order valence-electron chi connectivity index (χ2n) is 5.33. The summed E-state index contributed by atoms with van der Waals surface area (Å²) in [6.45, 7) is -0.300. The van der Waals surface area contributed by atoms with Gasteiger partial charge in [-0.1, -0.05) is 69.6 Å². The van der Waals surface area contributed by atoms with E-state index in [1.807, 2.05) is 0 Å². The van der Waals surface area contributed by atoms with Gasteiger partial charge in [0, 0.05) is 28.5 Å². The third-order valence-electron chi connectivity index (χ3n) is 3.75. The molecule has 134 valence electrons. The van der Waals surface area contributed by atoms with Gasteiger partial charge in [0.25, 0.3) is 0 Å². The number of benzene rings is 2. The Kier molecular flexibility index (Phi) is 6.25. The molecule has 0 aliphatic carbocycles. The summed E-state index contributed by atoms with van der Waals surface area (Å²) < 4.78 is 0. The Morgan fingerprint density at radius 1 is 0.731 bits per heavy atom. The number of pyridine rings is 1. The van der Waals surface area contributed by atoms with Crippen LogP contribution in [-0.2, 0) is 6.61 Å². The van der Waals surface area contributed by atoms with Crippen LogP contribution in [0.2, 0.25) is 30.1 Å². The van der Waals surface area contributed by atoms with Crippen molar-refractivity contribution < 1.29 is 5.11 Å². The summed E-state index contributed by atoms with van der Waals surface area (Å²) in [4.78, 5) is 4.42. The van der Waals surface area contributed by atoms with Gasteiger partial charge in [0.05, 0.1) is 42.4 Å². The zero-order valence-electron chi connectivity index (χ0n) is 12.8. The third kappa shape index (κ3) is 3.65. The van der Waals surface area contributed by atoms with Gasteiger partial charge in [-0.3, -0.25) is 4.98 Å². The zero-order valence-corrected chi connectivity index (χ0v) is 17.4. The molecule has 2 aromatic carbocycles. The highest BCUT2D eigenvalue weighted by molar-refractivity contribution is 6.47. The van der Waals surface area contributed by atoms with Gasteiger partial charge in [-0.15, -0.1) is 0 Å². The minimum absolute atomic E-state index is 0.257. The van der Waals surface area contributed by atoms with E-state index < -0.39 is 0 Å². The summed E-state index contributed by atoms with van der Waals surface area (Å²) in [5.41, 5.74) is 2.48. The molecular formula is C18H9Cl6NO. The van der Waals surface area contributed by atoms with Crippen molar-refractivity contribution in [3.8, 4) is 22.4 Å². The molecule has 0 radical (unpaired) electrons. The number of aromatic nitrogens is 1. The van der Waals surface area contributed by atoms with Crippen molar-refractivity contribution in [2.45, 2.75) is 6.61 Å². The van der Waals surface area contributed by atoms with Gasteiger partial charge in [-0.05, 0) is 30.3 Å². The quantitative estimate of drug-likeness (QED) is 0.398. The molecule has 0 saturated carbocycles. The SMILES string of the molecule is OCc1cc(-c2c(Cl)ccc(Cl)c2Cl)cnc1-c1c(Cl)ccc(Cl)c1Cl. The molecular weight excluding hydrogens is 459 g/mol. The van der Waals surface area contributed by atoms with Crippen LogP contribution in [0.3, 0.4) is 0 Å². The fourth-order valence-electron chi connectivity index (χ4n) is 2.53. The molecule has 0 unspecified atom stereocenters. The molecule has 3 aromatic rings. The third-order valence-corrected chi connectivity index (χ3v) is 5.99. The number of hydrogen-bond donors (Lipinski definition) is 1. The summed E-state index contributed by atoms with van der Waals surface area (Å²) in [5, 5.41) is 11.9. The van der Waals surface area contributed by atoms with Gasteiger partial charge in [-0.2, -0.15) is 0 Å². The topological polar surface area (TPSA) is 33.1 Å². The van der Waals surface area contributed by atoms with E-state index in [1.54, 1.807) is 36.5 Å². The van der Waals surface area contributed by atoms with Crippen LogP contribution >= 0.6 is 69.6 Å². The van der Waals surface area contributed by atoms with Crippen molar-refractivity contribution in [1.29, 1.82) is 0 Å². The first-order valence-corrected chi connectivity index (χ1v) is 9.49. The summed E-state index contributed by atoms with van der Waals surface area (Å²) in [6.07, 6.45) is 1.56. The molecule has 2 nitrogen and oxygen atoms in total. The number of aliphatic hydroxyl groups excluding tert-OH is 1. The van der Waals surface area contributed by atoms with Gasteiger partial charge >= 0.3 is 0 Å². The van der Waals surface area contributed by atoms with Gasteiger partial charge in [-0.25, -0.2) is 0 Å². The van der Waals surface area contributed by atoms with Gasteiger partial charge in [0.15, 0.2) is 0 Å². The highest BCUT2D eigenvalue weighted by atomic mass is 35.5.